The van der Waals surface area contributed by atoms with Crippen LogP contribution in [-0.2, 0) is 14.4 Å². The highest BCUT2D eigenvalue weighted by Crippen LogP contribution is 2.20. The molecule has 0 aromatic heterocycles. The molecule has 5 nitrogen and oxygen atoms in total. The smallest absolute Gasteiger partial charge is 0.251 e. The number of allylic oxidation sites excluding steroid dienone is 2. The van der Waals surface area contributed by atoms with Crippen LogP contribution >= 0.6 is 11.6 Å². The summed E-state index contributed by atoms with van der Waals surface area (Å²) in [6, 6.07) is -0.648. The SMILES string of the molecule is O=C1CCC(NC(=O)C2=CCCC(Cl)=C2)C(=O)N1. The topological polar surface area (TPSA) is 75.3 Å². The Morgan fingerprint density at radius 2 is 2.17 bits per heavy atom. The molecular formula is C12H13ClN2O3. The molecule has 6 heteroatoms. The summed E-state index contributed by atoms with van der Waals surface area (Å²) in [5.74, 6) is -1.08. The van der Waals surface area contributed by atoms with E-state index in [1.54, 1.807) is 12.2 Å². The molecule has 1 saturated heterocycles. The number of carbonyl (C=O) groups is 3. The molecule has 0 radical (unpaired) electrons. The Kier molecular flexibility index (Phi) is 3.81. The average molecular weight is 269 g/mol. The first-order valence-electron chi connectivity index (χ1n) is 5.77. The zero-order valence-corrected chi connectivity index (χ0v) is 10.4. The van der Waals surface area contributed by atoms with Gasteiger partial charge in [0.25, 0.3) is 5.91 Å². The van der Waals surface area contributed by atoms with Gasteiger partial charge in [0.15, 0.2) is 0 Å². The van der Waals surface area contributed by atoms with Gasteiger partial charge in [0.05, 0.1) is 0 Å². The van der Waals surface area contributed by atoms with Gasteiger partial charge in [-0.2, -0.15) is 0 Å². The van der Waals surface area contributed by atoms with E-state index in [0.29, 0.717) is 23.4 Å². The first-order chi connectivity index (χ1) is 8.56. The third-order valence-electron chi connectivity index (χ3n) is 2.87. The number of hydrogen-bond donors (Lipinski definition) is 2. The lowest BCUT2D eigenvalue weighted by atomic mass is 10.0. The van der Waals surface area contributed by atoms with Gasteiger partial charge in [-0.15, -0.1) is 0 Å². The van der Waals surface area contributed by atoms with Gasteiger partial charge in [-0.1, -0.05) is 17.7 Å². The number of carbonyl (C=O) groups excluding carboxylic acids is 3. The molecule has 1 unspecified atom stereocenters. The fourth-order valence-electron chi connectivity index (χ4n) is 1.90. The Morgan fingerprint density at radius 3 is 2.83 bits per heavy atom. The van der Waals surface area contributed by atoms with Gasteiger partial charge in [-0.05, 0) is 25.3 Å². The van der Waals surface area contributed by atoms with Crippen LogP contribution in [0.25, 0.3) is 0 Å². The van der Waals surface area contributed by atoms with Gasteiger partial charge in [-0.25, -0.2) is 0 Å². The van der Waals surface area contributed by atoms with E-state index >= 15 is 0 Å². The second-order valence-electron chi connectivity index (χ2n) is 4.27. The van der Waals surface area contributed by atoms with Crippen molar-refractivity contribution in [2.24, 2.45) is 0 Å². The fourth-order valence-corrected chi connectivity index (χ4v) is 2.12. The molecule has 2 rings (SSSR count). The van der Waals surface area contributed by atoms with Crippen LogP contribution in [0.2, 0.25) is 0 Å². The summed E-state index contributed by atoms with van der Waals surface area (Å²) < 4.78 is 0. The van der Waals surface area contributed by atoms with Gasteiger partial charge < -0.3 is 5.32 Å². The first kappa shape index (κ1) is 12.8. The second kappa shape index (κ2) is 5.35. The molecule has 0 aromatic carbocycles. The van der Waals surface area contributed by atoms with Crippen LogP contribution in [0.15, 0.2) is 22.8 Å². The Morgan fingerprint density at radius 1 is 1.39 bits per heavy atom. The third-order valence-corrected chi connectivity index (χ3v) is 3.16. The Labute approximate surface area is 109 Å². The Bertz CT molecular complexity index is 468. The van der Waals surface area contributed by atoms with E-state index in [9.17, 15) is 14.4 Å². The highest BCUT2D eigenvalue weighted by atomic mass is 35.5. The van der Waals surface area contributed by atoms with Crippen molar-refractivity contribution in [3.8, 4) is 0 Å². The summed E-state index contributed by atoms with van der Waals surface area (Å²) in [6.07, 6.45) is 5.41. The highest BCUT2D eigenvalue weighted by molar-refractivity contribution is 6.30. The number of halogens is 1. The summed E-state index contributed by atoms with van der Waals surface area (Å²) in [5, 5.41) is 5.43. The van der Waals surface area contributed by atoms with E-state index in [-0.39, 0.29) is 18.2 Å². The molecule has 18 heavy (non-hydrogen) atoms. The first-order valence-corrected chi connectivity index (χ1v) is 6.15. The summed E-state index contributed by atoms with van der Waals surface area (Å²) in [5.41, 5.74) is 0.468. The number of amides is 3. The molecule has 3 amide bonds. The molecule has 0 bridgehead atoms. The number of rotatable bonds is 2. The van der Waals surface area contributed by atoms with Crippen LogP contribution in [0.3, 0.4) is 0 Å². The molecule has 0 saturated carbocycles. The van der Waals surface area contributed by atoms with Gasteiger partial charge in [0, 0.05) is 17.0 Å². The maximum absolute atomic E-state index is 11.9. The van der Waals surface area contributed by atoms with Crippen LogP contribution in [0, 0.1) is 0 Å². The van der Waals surface area contributed by atoms with Crippen LogP contribution in [0.1, 0.15) is 25.7 Å². The quantitative estimate of drug-likeness (QED) is 0.726. The minimum absolute atomic E-state index is 0.242. The van der Waals surface area contributed by atoms with Crippen LogP contribution < -0.4 is 10.6 Å². The van der Waals surface area contributed by atoms with Crippen molar-refractivity contribution in [2.75, 3.05) is 0 Å². The zero-order valence-electron chi connectivity index (χ0n) is 9.66. The molecule has 0 spiro atoms. The van der Waals surface area contributed by atoms with Gasteiger partial charge in [0.1, 0.15) is 6.04 Å². The number of hydrogen-bond acceptors (Lipinski definition) is 3. The van der Waals surface area contributed by atoms with E-state index in [0.717, 1.165) is 6.42 Å². The van der Waals surface area contributed by atoms with E-state index < -0.39 is 11.9 Å². The standard InChI is InChI=1S/C12H13ClN2O3/c13-8-3-1-2-7(6-8)11(17)14-9-4-5-10(16)15-12(9)18/h2,6,9H,1,3-5H2,(H,14,17)(H,15,16,18). The number of piperidine rings is 1. The molecule has 1 heterocycles. The van der Waals surface area contributed by atoms with Crippen LogP contribution in [0.5, 0.6) is 0 Å². The molecular weight excluding hydrogens is 256 g/mol. The van der Waals surface area contributed by atoms with E-state index in [1.165, 1.54) is 0 Å². The Balaban J connectivity index is 1.97. The fraction of sp³-hybridized carbons (Fsp3) is 0.417. The zero-order chi connectivity index (χ0) is 13.1. The van der Waals surface area contributed by atoms with E-state index in [2.05, 4.69) is 10.6 Å². The van der Waals surface area contributed by atoms with Crippen molar-refractivity contribution >= 4 is 29.3 Å². The largest absolute Gasteiger partial charge is 0.340 e. The lowest BCUT2D eigenvalue weighted by Crippen LogP contribution is -2.52. The molecule has 2 aliphatic rings. The second-order valence-corrected chi connectivity index (χ2v) is 4.75. The molecule has 0 aromatic rings. The number of imide groups is 1. The molecule has 1 aliphatic carbocycles. The summed E-state index contributed by atoms with van der Waals surface area (Å²) in [4.78, 5) is 34.3. The average Bonchev–Trinajstić information content (AvgIpc) is 2.32. The van der Waals surface area contributed by atoms with Crippen molar-refractivity contribution in [1.29, 1.82) is 0 Å². The molecule has 1 atom stereocenters. The molecule has 1 fully saturated rings. The summed E-state index contributed by atoms with van der Waals surface area (Å²) in [6.45, 7) is 0. The van der Waals surface area contributed by atoms with E-state index in [4.69, 9.17) is 11.6 Å². The van der Waals surface area contributed by atoms with Crippen molar-refractivity contribution in [3.63, 3.8) is 0 Å². The predicted octanol–water partition coefficient (Wildman–Crippen LogP) is 0.751. The summed E-state index contributed by atoms with van der Waals surface area (Å²) >= 11 is 5.86. The maximum Gasteiger partial charge on any atom is 0.251 e. The summed E-state index contributed by atoms with van der Waals surface area (Å²) in [7, 11) is 0. The van der Waals surface area contributed by atoms with Crippen LogP contribution in [0.4, 0.5) is 0 Å². The van der Waals surface area contributed by atoms with Crippen molar-refractivity contribution < 1.29 is 14.4 Å². The van der Waals surface area contributed by atoms with Crippen LogP contribution in [-0.4, -0.2) is 23.8 Å². The van der Waals surface area contributed by atoms with Crippen molar-refractivity contribution in [2.45, 2.75) is 31.7 Å². The lowest BCUT2D eigenvalue weighted by molar-refractivity contribution is -0.136. The van der Waals surface area contributed by atoms with Crippen molar-refractivity contribution in [3.05, 3.63) is 22.8 Å². The number of nitrogens with one attached hydrogen (secondary N) is 2. The van der Waals surface area contributed by atoms with Gasteiger partial charge >= 0.3 is 0 Å². The molecule has 1 aliphatic heterocycles. The maximum atomic E-state index is 11.9. The monoisotopic (exact) mass is 268 g/mol. The highest BCUT2D eigenvalue weighted by Gasteiger charge is 2.28. The predicted molar refractivity (Wildman–Crippen MR) is 65.6 cm³/mol. The van der Waals surface area contributed by atoms with E-state index in [1.807, 2.05) is 0 Å². The third kappa shape index (κ3) is 2.98. The Hall–Kier alpha value is -1.62. The lowest BCUT2D eigenvalue weighted by Gasteiger charge is -2.22. The normalized spacial score (nSPS) is 23.9. The molecule has 96 valence electrons. The minimum atomic E-state index is -0.648. The van der Waals surface area contributed by atoms with Gasteiger partial charge in [0.2, 0.25) is 11.8 Å². The minimum Gasteiger partial charge on any atom is -0.340 e. The molecule has 2 N–H and O–H groups in total. The van der Waals surface area contributed by atoms with Crippen molar-refractivity contribution in [1.82, 2.24) is 10.6 Å². The van der Waals surface area contributed by atoms with Gasteiger partial charge in [-0.3, -0.25) is 19.7 Å².